The smallest absolute Gasteiger partial charge is 0.276 e. The van der Waals surface area contributed by atoms with Crippen LogP contribution in [0.4, 0.5) is 0 Å². The number of halogens is 1. The largest absolute Gasteiger partial charge is 0.483 e. The Morgan fingerprint density at radius 3 is 2.65 bits per heavy atom. The third kappa shape index (κ3) is 4.74. The highest BCUT2D eigenvalue weighted by molar-refractivity contribution is 6.30. The number of hydrogen-bond donors (Lipinski definition) is 2. The van der Waals surface area contributed by atoms with Gasteiger partial charge in [-0.2, -0.15) is 0 Å². The average molecular weight is 257 g/mol. The van der Waals surface area contributed by atoms with Crippen LogP contribution in [0.25, 0.3) is 0 Å². The van der Waals surface area contributed by atoms with E-state index < -0.39 is 5.91 Å². The van der Waals surface area contributed by atoms with Crippen LogP contribution in [0.2, 0.25) is 5.02 Å². The molecule has 1 aromatic rings. The first-order chi connectivity index (χ1) is 7.99. The number of carbonyl (C=O) groups excluding carboxylic acids is 2. The van der Waals surface area contributed by atoms with Gasteiger partial charge in [-0.1, -0.05) is 11.6 Å². The van der Waals surface area contributed by atoms with E-state index in [9.17, 15) is 9.59 Å². The van der Waals surface area contributed by atoms with Gasteiger partial charge in [0, 0.05) is 11.9 Å². The summed E-state index contributed by atoms with van der Waals surface area (Å²) in [6.45, 7) is 2.94. The highest BCUT2D eigenvalue weighted by Gasteiger charge is 2.05. The van der Waals surface area contributed by atoms with Gasteiger partial charge in [-0.05, 0) is 30.7 Å². The Morgan fingerprint density at radius 1 is 1.35 bits per heavy atom. The summed E-state index contributed by atoms with van der Waals surface area (Å²) in [5, 5.41) is 0.609. The van der Waals surface area contributed by atoms with E-state index >= 15 is 0 Å². The number of hydrogen-bond acceptors (Lipinski definition) is 3. The zero-order valence-corrected chi connectivity index (χ0v) is 10.3. The number of hydrazine groups is 1. The van der Waals surface area contributed by atoms with Gasteiger partial charge in [0.2, 0.25) is 5.91 Å². The average Bonchev–Trinajstić information content (AvgIpc) is 2.25. The molecule has 0 bridgehead atoms. The first kappa shape index (κ1) is 13.3. The second-order valence-corrected chi connectivity index (χ2v) is 3.86. The predicted octanol–water partition coefficient (Wildman–Crippen LogP) is 1.19. The Balaban J connectivity index is 2.44. The first-order valence-electron chi connectivity index (χ1n) is 4.93. The highest BCUT2D eigenvalue weighted by atomic mass is 35.5. The molecule has 0 atom stereocenters. The Hall–Kier alpha value is -1.75. The predicted molar refractivity (Wildman–Crippen MR) is 63.6 cm³/mol. The van der Waals surface area contributed by atoms with Crippen molar-refractivity contribution in [2.45, 2.75) is 13.8 Å². The zero-order valence-electron chi connectivity index (χ0n) is 9.54. The van der Waals surface area contributed by atoms with E-state index in [1.165, 1.54) is 6.92 Å². The van der Waals surface area contributed by atoms with Gasteiger partial charge in [0.05, 0.1) is 0 Å². The summed E-state index contributed by atoms with van der Waals surface area (Å²) in [5.74, 6) is -0.206. The molecule has 0 aliphatic heterocycles. The molecule has 92 valence electrons. The Bertz CT molecular complexity index is 435. The molecule has 0 aliphatic carbocycles. The fraction of sp³-hybridized carbons (Fsp3) is 0.273. The lowest BCUT2D eigenvalue weighted by Gasteiger charge is -2.09. The number of amides is 2. The van der Waals surface area contributed by atoms with Gasteiger partial charge in [0.25, 0.3) is 5.91 Å². The number of aryl methyl sites for hydroxylation is 1. The Morgan fingerprint density at radius 2 is 2.06 bits per heavy atom. The molecule has 6 heteroatoms. The molecule has 0 radical (unpaired) electrons. The van der Waals surface area contributed by atoms with Crippen molar-refractivity contribution in [2.75, 3.05) is 6.61 Å². The van der Waals surface area contributed by atoms with E-state index in [0.717, 1.165) is 5.56 Å². The van der Waals surface area contributed by atoms with Crippen molar-refractivity contribution in [3.8, 4) is 5.75 Å². The van der Waals surface area contributed by atoms with Crippen molar-refractivity contribution in [1.29, 1.82) is 0 Å². The van der Waals surface area contributed by atoms with Crippen LogP contribution in [0.5, 0.6) is 5.75 Å². The summed E-state index contributed by atoms with van der Waals surface area (Å²) in [5.41, 5.74) is 5.20. The second-order valence-electron chi connectivity index (χ2n) is 3.43. The molecule has 0 saturated carbocycles. The topological polar surface area (TPSA) is 67.4 Å². The molecule has 2 amide bonds. The fourth-order valence-corrected chi connectivity index (χ4v) is 1.34. The molecule has 0 aromatic heterocycles. The molecule has 0 saturated heterocycles. The summed E-state index contributed by atoms with van der Waals surface area (Å²) >= 11 is 5.78. The standard InChI is InChI=1S/C11H13ClN2O3/c1-7-5-9(12)3-4-10(7)17-6-11(16)14-13-8(2)15/h3-5H,6H2,1-2H3,(H,13,15)(H,14,16). The molecular formula is C11H13ClN2O3. The van der Waals surface area contributed by atoms with Crippen LogP contribution in [0.15, 0.2) is 18.2 Å². The van der Waals surface area contributed by atoms with Crippen molar-refractivity contribution in [2.24, 2.45) is 0 Å². The maximum absolute atomic E-state index is 11.2. The molecule has 0 heterocycles. The molecule has 0 aliphatic rings. The summed E-state index contributed by atoms with van der Waals surface area (Å²) in [6, 6.07) is 5.10. The lowest BCUT2D eigenvalue weighted by Crippen LogP contribution is -2.42. The van der Waals surface area contributed by atoms with Crippen molar-refractivity contribution in [3.05, 3.63) is 28.8 Å². The molecule has 0 unspecified atom stereocenters. The quantitative estimate of drug-likeness (QED) is 0.799. The maximum atomic E-state index is 11.2. The second kappa shape index (κ2) is 6.10. The minimum Gasteiger partial charge on any atom is -0.483 e. The molecule has 2 N–H and O–H groups in total. The normalized spacial score (nSPS) is 9.59. The number of nitrogens with one attached hydrogen (secondary N) is 2. The molecular weight excluding hydrogens is 244 g/mol. The van der Waals surface area contributed by atoms with Crippen molar-refractivity contribution in [1.82, 2.24) is 10.9 Å². The highest BCUT2D eigenvalue weighted by Crippen LogP contribution is 2.21. The minimum atomic E-state index is -0.436. The monoisotopic (exact) mass is 256 g/mol. The minimum absolute atomic E-state index is 0.178. The van der Waals surface area contributed by atoms with Gasteiger partial charge in [-0.15, -0.1) is 0 Å². The summed E-state index contributed by atoms with van der Waals surface area (Å²) in [6.07, 6.45) is 0. The third-order valence-electron chi connectivity index (χ3n) is 1.87. The first-order valence-corrected chi connectivity index (χ1v) is 5.31. The number of rotatable bonds is 3. The molecule has 17 heavy (non-hydrogen) atoms. The lowest BCUT2D eigenvalue weighted by atomic mass is 10.2. The number of ether oxygens (including phenoxy) is 1. The molecule has 0 spiro atoms. The van der Waals surface area contributed by atoms with Gasteiger partial charge in [0.1, 0.15) is 5.75 Å². The lowest BCUT2D eigenvalue weighted by molar-refractivity contribution is -0.129. The van der Waals surface area contributed by atoms with E-state index in [1.54, 1.807) is 18.2 Å². The van der Waals surface area contributed by atoms with Crippen LogP contribution in [-0.4, -0.2) is 18.4 Å². The van der Waals surface area contributed by atoms with Crippen LogP contribution < -0.4 is 15.6 Å². The van der Waals surface area contributed by atoms with Gasteiger partial charge < -0.3 is 4.74 Å². The number of carbonyl (C=O) groups is 2. The van der Waals surface area contributed by atoms with Crippen molar-refractivity contribution in [3.63, 3.8) is 0 Å². The molecule has 1 aromatic carbocycles. The van der Waals surface area contributed by atoms with Gasteiger partial charge in [-0.25, -0.2) is 0 Å². The van der Waals surface area contributed by atoms with E-state index in [-0.39, 0.29) is 12.5 Å². The van der Waals surface area contributed by atoms with Crippen LogP contribution >= 0.6 is 11.6 Å². The SMILES string of the molecule is CC(=O)NNC(=O)COc1ccc(Cl)cc1C. The fourth-order valence-electron chi connectivity index (χ4n) is 1.11. The van der Waals surface area contributed by atoms with Crippen LogP contribution in [0, 0.1) is 6.92 Å². The zero-order chi connectivity index (χ0) is 12.8. The van der Waals surface area contributed by atoms with E-state index in [4.69, 9.17) is 16.3 Å². The number of benzene rings is 1. The Labute approximate surface area is 104 Å². The van der Waals surface area contributed by atoms with Crippen molar-refractivity contribution >= 4 is 23.4 Å². The summed E-state index contributed by atoms with van der Waals surface area (Å²) in [4.78, 5) is 21.8. The molecule has 5 nitrogen and oxygen atoms in total. The van der Waals surface area contributed by atoms with Crippen LogP contribution in [0.3, 0.4) is 0 Å². The van der Waals surface area contributed by atoms with E-state index in [2.05, 4.69) is 10.9 Å². The van der Waals surface area contributed by atoms with Gasteiger partial charge in [0.15, 0.2) is 6.61 Å². The van der Waals surface area contributed by atoms with Crippen molar-refractivity contribution < 1.29 is 14.3 Å². The third-order valence-corrected chi connectivity index (χ3v) is 2.11. The van der Waals surface area contributed by atoms with Gasteiger partial charge >= 0.3 is 0 Å². The molecule has 1 rings (SSSR count). The Kier molecular flexibility index (Phi) is 4.78. The molecule has 0 fully saturated rings. The summed E-state index contributed by atoms with van der Waals surface area (Å²) < 4.78 is 5.26. The summed E-state index contributed by atoms with van der Waals surface area (Å²) in [7, 11) is 0. The van der Waals surface area contributed by atoms with E-state index in [1.807, 2.05) is 6.92 Å². The van der Waals surface area contributed by atoms with Gasteiger partial charge in [-0.3, -0.25) is 20.4 Å². The van der Waals surface area contributed by atoms with Crippen LogP contribution in [-0.2, 0) is 9.59 Å². The van der Waals surface area contributed by atoms with E-state index in [0.29, 0.717) is 10.8 Å². The van der Waals surface area contributed by atoms with Crippen LogP contribution in [0.1, 0.15) is 12.5 Å². The maximum Gasteiger partial charge on any atom is 0.276 e.